The van der Waals surface area contributed by atoms with Gasteiger partial charge in [0.25, 0.3) is 0 Å². The topological polar surface area (TPSA) is 52.2 Å². The van der Waals surface area contributed by atoms with Crippen LogP contribution in [0.2, 0.25) is 0 Å². The number of rotatable bonds is 4. The van der Waals surface area contributed by atoms with Crippen LogP contribution in [0.1, 0.15) is 18.5 Å². The summed E-state index contributed by atoms with van der Waals surface area (Å²) in [5.74, 6) is 2.18. The summed E-state index contributed by atoms with van der Waals surface area (Å²) in [5, 5.41) is 8.77. The van der Waals surface area contributed by atoms with E-state index in [-0.39, 0.29) is 24.0 Å². The van der Waals surface area contributed by atoms with Crippen LogP contribution in [0, 0.1) is 0 Å². The van der Waals surface area contributed by atoms with E-state index >= 15 is 0 Å². The second-order valence-corrected chi connectivity index (χ2v) is 6.73. The molecule has 1 unspecified atom stereocenters. The summed E-state index contributed by atoms with van der Waals surface area (Å²) in [5.41, 5.74) is 2.36. The van der Waals surface area contributed by atoms with Crippen molar-refractivity contribution in [2.45, 2.75) is 24.6 Å². The molecular formula is C16H23IN4S. The number of para-hydroxylation sites is 1. The van der Waals surface area contributed by atoms with Crippen molar-refractivity contribution >= 4 is 52.6 Å². The fourth-order valence-electron chi connectivity index (χ4n) is 2.64. The molecule has 1 aliphatic rings. The standard InChI is InChI=1S/C16H22N4S.HI/c1-17-16(19-11-14-6-4-8-21-14)18-10-13-9-12-5-2-3-7-15(12)20-13;/h2-3,5,7,9,14,20H,4,6,8,10-11H2,1H3,(H2,17,18,19);1H. The number of aliphatic imine (C=N–C) groups is 1. The molecule has 2 heterocycles. The van der Waals surface area contributed by atoms with E-state index in [0.717, 1.165) is 24.3 Å². The summed E-state index contributed by atoms with van der Waals surface area (Å²) in [6.45, 7) is 1.75. The summed E-state index contributed by atoms with van der Waals surface area (Å²) in [4.78, 5) is 7.71. The van der Waals surface area contributed by atoms with Gasteiger partial charge in [-0.2, -0.15) is 11.8 Å². The number of aromatic nitrogens is 1. The molecule has 3 N–H and O–H groups in total. The number of H-pyrrole nitrogens is 1. The van der Waals surface area contributed by atoms with Crippen LogP contribution in [0.5, 0.6) is 0 Å². The molecule has 0 bridgehead atoms. The van der Waals surface area contributed by atoms with Crippen LogP contribution in [-0.2, 0) is 6.54 Å². The van der Waals surface area contributed by atoms with Gasteiger partial charge in [0.2, 0.25) is 0 Å². The number of guanidine groups is 1. The predicted octanol–water partition coefficient (Wildman–Crippen LogP) is 3.35. The van der Waals surface area contributed by atoms with E-state index in [1.165, 1.54) is 35.2 Å². The Kier molecular flexibility index (Phi) is 6.88. The Morgan fingerprint density at radius 3 is 2.95 bits per heavy atom. The Morgan fingerprint density at radius 1 is 1.36 bits per heavy atom. The molecule has 1 saturated heterocycles. The van der Waals surface area contributed by atoms with Gasteiger partial charge >= 0.3 is 0 Å². The van der Waals surface area contributed by atoms with E-state index in [4.69, 9.17) is 0 Å². The van der Waals surface area contributed by atoms with E-state index in [1.54, 1.807) is 0 Å². The van der Waals surface area contributed by atoms with Gasteiger partial charge in [-0.25, -0.2) is 0 Å². The third-order valence-corrected chi connectivity index (χ3v) is 5.17. The van der Waals surface area contributed by atoms with E-state index in [0.29, 0.717) is 0 Å². The SMILES string of the molecule is CN=C(NCc1cc2ccccc2[nH]1)NCC1CCCS1.I. The van der Waals surface area contributed by atoms with Gasteiger partial charge in [0.1, 0.15) is 0 Å². The summed E-state index contributed by atoms with van der Waals surface area (Å²) >= 11 is 2.06. The minimum Gasteiger partial charge on any atom is -0.357 e. The second-order valence-electron chi connectivity index (χ2n) is 5.32. The number of halogens is 1. The van der Waals surface area contributed by atoms with Gasteiger partial charge in [0, 0.05) is 30.1 Å². The maximum absolute atomic E-state index is 4.29. The molecule has 1 aromatic carbocycles. The average Bonchev–Trinajstić information content (AvgIpc) is 3.16. The molecule has 0 aliphatic carbocycles. The first-order valence-electron chi connectivity index (χ1n) is 7.48. The van der Waals surface area contributed by atoms with Crippen LogP contribution >= 0.6 is 35.7 Å². The number of fused-ring (bicyclic) bond motifs is 1. The first kappa shape index (κ1) is 17.5. The number of hydrogen-bond donors (Lipinski definition) is 3. The zero-order valence-corrected chi connectivity index (χ0v) is 15.9. The van der Waals surface area contributed by atoms with Crippen LogP contribution in [0.3, 0.4) is 0 Å². The molecule has 4 nitrogen and oxygen atoms in total. The van der Waals surface area contributed by atoms with Gasteiger partial charge < -0.3 is 15.6 Å². The minimum absolute atomic E-state index is 0. The second kappa shape index (κ2) is 8.67. The number of nitrogens with one attached hydrogen (secondary N) is 3. The van der Waals surface area contributed by atoms with Crippen LogP contribution < -0.4 is 10.6 Å². The first-order valence-corrected chi connectivity index (χ1v) is 8.53. The van der Waals surface area contributed by atoms with Crippen molar-refractivity contribution in [3.8, 4) is 0 Å². The number of aromatic amines is 1. The number of thioether (sulfide) groups is 1. The molecule has 22 heavy (non-hydrogen) atoms. The highest BCUT2D eigenvalue weighted by atomic mass is 127. The molecule has 1 fully saturated rings. The Bertz CT molecular complexity index is 586. The van der Waals surface area contributed by atoms with Crippen molar-refractivity contribution in [2.75, 3.05) is 19.3 Å². The zero-order chi connectivity index (χ0) is 14.5. The van der Waals surface area contributed by atoms with Gasteiger partial charge in [-0.1, -0.05) is 18.2 Å². The third-order valence-electron chi connectivity index (χ3n) is 3.78. The highest BCUT2D eigenvalue weighted by Gasteiger charge is 2.15. The van der Waals surface area contributed by atoms with Crippen LogP contribution in [0.4, 0.5) is 0 Å². The van der Waals surface area contributed by atoms with Crippen LogP contribution in [-0.4, -0.2) is 35.5 Å². The molecule has 0 saturated carbocycles. The summed E-state index contributed by atoms with van der Waals surface area (Å²) < 4.78 is 0. The zero-order valence-electron chi connectivity index (χ0n) is 12.8. The van der Waals surface area contributed by atoms with E-state index in [1.807, 2.05) is 7.05 Å². The molecule has 1 aliphatic heterocycles. The highest BCUT2D eigenvalue weighted by molar-refractivity contribution is 14.0. The lowest BCUT2D eigenvalue weighted by Gasteiger charge is -2.14. The maximum Gasteiger partial charge on any atom is 0.191 e. The summed E-state index contributed by atoms with van der Waals surface area (Å²) in [7, 11) is 1.82. The van der Waals surface area contributed by atoms with Crippen molar-refractivity contribution in [3.05, 3.63) is 36.0 Å². The van der Waals surface area contributed by atoms with Crippen molar-refractivity contribution in [3.63, 3.8) is 0 Å². The predicted molar refractivity (Wildman–Crippen MR) is 107 cm³/mol. The monoisotopic (exact) mass is 430 g/mol. The number of benzene rings is 1. The van der Waals surface area contributed by atoms with Gasteiger partial charge in [0.05, 0.1) is 6.54 Å². The van der Waals surface area contributed by atoms with Crippen LogP contribution in [0.25, 0.3) is 10.9 Å². The fourth-order valence-corrected chi connectivity index (χ4v) is 3.85. The Hall–Kier alpha value is -0.890. The largest absolute Gasteiger partial charge is 0.357 e. The van der Waals surface area contributed by atoms with Gasteiger partial charge in [-0.05, 0) is 36.1 Å². The molecular weight excluding hydrogens is 407 g/mol. The summed E-state index contributed by atoms with van der Waals surface area (Å²) in [6.07, 6.45) is 2.66. The molecule has 0 spiro atoms. The van der Waals surface area contributed by atoms with Gasteiger partial charge in [-0.3, -0.25) is 4.99 Å². The van der Waals surface area contributed by atoms with Crippen molar-refractivity contribution in [1.29, 1.82) is 0 Å². The fraction of sp³-hybridized carbons (Fsp3) is 0.438. The maximum atomic E-state index is 4.29. The molecule has 1 aromatic heterocycles. The third kappa shape index (κ3) is 4.55. The molecule has 1 atom stereocenters. The lowest BCUT2D eigenvalue weighted by molar-refractivity contribution is 0.724. The van der Waals surface area contributed by atoms with E-state index in [9.17, 15) is 0 Å². The Morgan fingerprint density at radius 2 is 2.23 bits per heavy atom. The molecule has 0 amide bonds. The Labute approximate surface area is 152 Å². The smallest absolute Gasteiger partial charge is 0.191 e. The van der Waals surface area contributed by atoms with Crippen LogP contribution in [0.15, 0.2) is 35.3 Å². The van der Waals surface area contributed by atoms with E-state index < -0.39 is 0 Å². The lowest BCUT2D eigenvalue weighted by atomic mass is 10.2. The average molecular weight is 430 g/mol. The van der Waals surface area contributed by atoms with Crippen molar-refractivity contribution < 1.29 is 0 Å². The number of nitrogens with zero attached hydrogens (tertiary/aromatic N) is 1. The van der Waals surface area contributed by atoms with Gasteiger partial charge in [-0.15, -0.1) is 24.0 Å². The first-order chi connectivity index (χ1) is 10.3. The van der Waals surface area contributed by atoms with E-state index in [2.05, 4.69) is 62.7 Å². The molecule has 3 rings (SSSR count). The summed E-state index contributed by atoms with van der Waals surface area (Å²) in [6, 6.07) is 10.5. The van der Waals surface area contributed by atoms with Crippen molar-refractivity contribution in [1.82, 2.24) is 15.6 Å². The van der Waals surface area contributed by atoms with Crippen molar-refractivity contribution in [2.24, 2.45) is 4.99 Å². The molecule has 6 heteroatoms. The highest BCUT2D eigenvalue weighted by Crippen LogP contribution is 2.25. The quantitative estimate of drug-likeness (QED) is 0.396. The van der Waals surface area contributed by atoms with Gasteiger partial charge in [0.15, 0.2) is 5.96 Å². The lowest BCUT2D eigenvalue weighted by Crippen LogP contribution is -2.39. The molecule has 120 valence electrons. The number of hydrogen-bond acceptors (Lipinski definition) is 2. The molecule has 0 radical (unpaired) electrons. The Balaban J connectivity index is 0.00000176. The minimum atomic E-state index is 0. The molecule has 2 aromatic rings. The normalized spacial score (nSPS) is 18.2.